The first-order valence-corrected chi connectivity index (χ1v) is 22.5. The van der Waals surface area contributed by atoms with Crippen molar-refractivity contribution in [2.75, 3.05) is 26.4 Å². The van der Waals surface area contributed by atoms with Crippen LogP contribution in [0.4, 0.5) is 0 Å². The minimum Gasteiger partial charge on any atom is -0.463 e. The second-order valence-corrected chi connectivity index (χ2v) is 15.4. The third-order valence-electron chi connectivity index (χ3n) is 8.79. The van der Waals surface area contributed by atoms with Gasteiger partial charge in [-0.15, -0.1) is 0 Å². The standard InChI is InChI=1S/C42H78NO8P/c1-3-5-7-9-11-13-15-17-19-20-21-23-25-27-29-31-33-35-42(46)49-38-40(44)39-51-52(47,48)50-37-36-43-41(45)34-32-30-28-26-24-22-18-16-14-12-10-8-6-4-2/h11,13,16-19,40,44H,3-10,12,14-15,20-39H2,1-2H3,(H,43,45)(H,47,48)/b13-11-,18-16-,19-17-. The van der Waals surface area contributed by atoms with Gasteiger partial charge in [-0.05, 0) is 70.6 Å². The summed E-state index contributed by atoms with van der Waals surface area (Å²) in [6, 6.07) is 0. The molecule has 52 heavy (non-hydrogen) atoms. The number of allylic oxidation sites excluding steroid dienone is 6. The molecule has 0 spiro atoms. The van der Waals surface area contributed by atoms with Crippen molar-refractivity contribution in [2.24, 2.45) is 0 Å². The fraction of sp³-hybridized carbons (Fsp3) is 0.810. The van der Waals surface area contributed by atoms with Gasteiger partial charge in [-0.2, -0.15) is 0 Å². The number of ether oxygens (including phenoxy) is 1. The lowest BCUT2D eigenvalue weighted by molar-refractivity contribution is -0.147. The number of phosphoric acid groups is 1. The van der Waals surface area contributed by atoms with E-state index in [2.05, 4.69) is 55.6 Å². The van der Waals surface area contributed by atoms with E-state index in [9.17, 15) is 24.2 Å². The van der Waals surface area contributed by atoms with Crippen LogP contribution in [0.25, 0.3) is 0 Å². The van der Waals surface area contributed by atoms with E-state index in [1.807, 2.05) is 0 Å². The fourth-order valence-corrected chi connectivity index (χ4v) is 6.34. The number of unbranched alkanes of at least 4 members (excludes halogenated alkanes) is 20. The summed E-state index contributed by atoms with van der Waals surface area (Å²) < 4.78 is 26.8. The first-order chi connectivity index (χ1) is 25.3. The van der Waals surface area contributed by atoms with Gasteiger partial charge >= 0.3 is 13.8 Å². The van der Waals surface area contributed by atoms with Crippen LogP contribution in [0.3, 0.4) is 0 Å². The zero-order valence-electron chi connectivity index (χ0n) is 33.3. The molecule has 0 radical (unpaired) electrons. The zero-order valence-corrected chi connectivity index (χ0v) is 34.1. The number of nitrogens with one attached hydrogen (secondary N) is 1. The molecule has 9 nitrogen and oxygen atoms in total. The Bertz CT molecular complexity index is 954. The minimum atomic E-state index is -4.42. The molecule has 10 heteroatoms. The highest BCUT2D eigenvalue weighted by molar-refractivity contribution is 7.47. The third-order valence-corrected chi connectivity index (χ3v) is 9.78. The van der Waals surface area contributed by atoms with Crippen molar-refractivity contribution in [1.29, 1.82) is 0 Å². The fourth-order valence-electron chi connectivity index (χ4n) is 5.58. The van der Waals surface area contributed by atoms with E-state index < -0.39 is 26.5 Å². The highest BCUT2D eigenvalue weighted by Crippen LogP contribution is 2.42. The van der Waals surface area contributed by atoms with Gasteiger partial charge in [0, 0.05) is 19.4 Å². The SMILES string of the molecule is CCCCC/C=C\C/C=C\CCCCCCCCCC(=O)OCC(O)COP(=O)(O)OCCNC(=O)CCCCCCC/C=C\CCCCCCC. The molecule has 0 aromatic heterocycles. The summed E-state index contributed by atoms with van der Waals surface area (Å²) in [5, 5.41) is 12.7. The summed E-state index contributed by atoms with van der Waals surface area (Å²) in [6.07, 6.45) is 42.1. The second kappa shape index (κ2) is 38.9. The molecule has 0 aromatic carbocycles. The number of amides is 1. The van der Waals surface area contributed by atoms with Crippen molar-refractivity contribution in [3.63, 3.8) is 0 Å². The Morgan fingerprint density at radius 1 is 0.596 bits per heavy atom. The normalized spacial score (nSPS) is 13.7. The highest BCUT2D eigenvalue weighted by atomic mass is 31.2. The van der Waals surface area contributed by atoms with E-state index in [1.165, 1.54) is 89.9 Å². The molecule has 0 fully saturated rings. The van der Waals surface area contributed by atoms with Crippen LogP contribution in [0.2, 0.25) is 0 Å². The number of phosphoric ester groups is 1. The maximum atomic E-state index is 12.1. The Hall–Kier alpha value is -1.77. The monoisotopic (exact) mass is 756 g/mol. The van der Waals surface area contributed by atoms with Gasteiger partial charge in [-0.3, -0.25) is 18.6 Å². The van der Waals surface area contributed by atoms with Crippen LogP contribution in [-0.2, 0) is 27.9 Å². The molecule has 0 aliphatic carbocycles. The maximum absolute atomic E-state index is 12.1. The van der Waals surface area contributed by atoms with Crippen molar-refractivity contribution in [2.45, 2.75) is 193 Å². The molecule has 0 heterocycles. The minimum absolute atomic E-state index is 0.0764. The van der Waals surface area contributed by atoms with Gasteiger partial charge in [0.1, 0.15) is 12.7 Å². The van der Waals surface area contributed by atoms with Gasteiger partial charge in [0.15, 0.2) is 0 Å². The first-order valence-electron chi connectivity index (χ1n) is 21.0. The molecule has 2 unspecified atom stereocenters. The van der Waals surface area contributed by atoms with Gasteiger partial charge < -0.3 is 20.1 Å². The molecule has 1 amide bonds. The Morgan fingerprint density at radius 3 is 1.60 bits per heavy atom. The van der Waals surface area contributed by atoms with Crippen molar-refractivity contribution in [3.05, 3.63) is 36.5 Å². The molecular formula is C42H78NO8P. The van der Waals surface area contributed by atoms with Crippen LogP contribution in [0, 0.1) is 0 Å². The molecule has 2 atom stereocenters. The van der Waals surface area contributed by atoms with E-state index in [-0.39, 0.29) is 32.1 Å². The lowest BCUT2D eigenvalue weighted by Crippen LogP contribution is -2.27. The number of rotatable bonds is 39. The molecule has 0 bridgehead atoms. The molecule has 0 aliphatic heterocycles. The smallest absolute Gasteiger partial charge is 0.463 e. The molecule has 0 saturated carbocycles. The third kappa shape index (κ3) is 39.4. The van der Waals surface area contributed by atoms with Crippen LogP contribution in [-0.4, -0.2) is 54.3 Å². The quantitative estimate of drug-likeness (QED) is 0.0244. The lowest BCUT2D eigenvalue weighted by atomic mass is 10.1. The van der Waals surface area contributed by atoms with Crippen LogP contribution in [0.5, 0.6) is 0 Å². The van der Waals surface area contributed by atoms with Crippen molar-refractivity contribution in [3.8, 4) is 0 Å². The van der Waals surface area contributed by atoms with Gasteiger partial charge in [-0.25, -0.2) is 4.57 Å². The predicted molar refractivity (Wildman–Crippen MR) is 215 cm³/mol. The summed E-state index contributed by atoms with van der Waals surface area (Å²) in [5.74, 6) is -0.533. The van der Waals surface area contributed by atoms with Crippen LogP contribution < -0.4 is 5.32 Å². The number of hydrogen-bond donors (Lipinski definition) is 3. The van der Waals surface area contributed by atoms with Crippen molar-refractivity contribution in [1.82, 2.24) is 5.32 Å². The number of carbonyl (C=O) groups excluding carboxylic acids is 2. The van der Waals surface area contributed by atoms with Gasteiger partial charge in [-0.1, -0.05) is 140 Å². The van der Waals surface area contributed by atoms with Gasteiger partial charge in [0.25, 0.3) is 0 Å². The molecule has 0 aromatic rings. The number of aliphatic hydroxyl groups is 1. The molecule has 304 valence electrons. The Balaban J connectivity index is 3.63. The predicted octanol–water partition coefficient (Wildman–Crippen LogP) is 11.4. The molecule has 3 N–H and O–H groups in total. The highest BCUT2D eigenvalue weighted by Gasteiger charge is 2.23. The molecule has 0 aliphatic rings. The summed E-state index contributed by atoms with van der Waals surface area (Å²) in [4.78, 5) is 33.8. The second-order valence-electron chi connectivity index (χ2n) is 14.0. The Labute approximate surface area is 318 Å². The lowest BCUT2D eigenvalue weighted by Gasteiger charge is -2.15. The zero-order chi connectivity index (χ0) is 38.2. The van der Waals surface area contributed by atoms with E-state index in [1.54, 1.807) is 0 Å². The number of aliphatic hydroxyl groups excluding tert-OH is 1. The van der Waals surface area contributed by atoms with Crippen LogP contribution >= 0.6 is 7.82 Å². The topological polar surface area (TPSA) is 131 Å². The van der Waals surface area contributed by atoms with E-state index in [0.29, 0.717) is 6.42 Å². The Kier molecular flexibility index (Phi) is 37.6. The summed E-state index contributed by atoms with van der Waals surface area (Å²) in [7, 11) is -4.42. The average Bonchev–Trinajstić information content (AvgIpc) is 3.13. The summed E-state index contributed by atoms with van der Waals surface area (Å²) in [5.41, 5.74) is 0. The van der Waals surface area contributed by atoms with E-state index in [0.717, 1.165) is 70.6 Å². The molecule has 0 saturated heterocycles. The summed E-state index contributed by atoms with van der Waals surface area (Å²) >= 11 is 0. The van der Waals surface area contributed by atoms with E-state index in [4.69, 9.17) is 13.8 Å². The van der Waals surface area contributed by atoms with Crippen LogP contribution in [0.15, 0.2) is 36.5 Å². The number of carbonyl (C=O) groups is 2. The molecular weight excluding hydrogens is 677 g/mol. The maximum Gasteiger partial charge on any atom is 0.472 e. The van der Waals surface area contributed by atoms with Crippen LogP contribution in [0.1, 0.15) is 187 Å². The Morgan fingerprint density at radius 2 is 1.04 bits per heavy atom. The average molecular weight is 756 g/mol. The first kappa shape index (κ1) is 50.2. The van der Waals surface area contributed by atoms with Gasteiger partial charge in [0.05, 0.1) is 13.2 Å². The largest absolute Gasteiger partial charge is 0.472 e. The number of hydrogen-bond acceptors (Lipinski definition) is 7. The van der Waals surface area contributed by atoms with Crippen molar-refractivity contribution < 1.29 is 37.9 Å². The number of esters is 1. The van der Waals surface area contributed by atoms with Gasteiger partial charge in [0.2, 0.25) is 5.91 Å². The summed E-state index contributed by atoms with van der Waals surface area (Å²) in [6.45, 7) is 3.50. The van der Waals surface area contributed by atoms with Crippen molar-refractivity contribution >= 4 is 19.7 Å². The van der Waals surface area contributed by atoms with E-state index >= 15 is 0 Å². The molecule has 0 rings (SSSR count).